The van der Waals surface area contributed by atoms with Crippen LogP contribution in [0.5, 0.6) is 5.75 Å². The third-order valence-corrected chi connectivity index (χ3v) is 4.74. The Kier molecular flexibility index (Phi) is 6.67. The van der Waals surface area contributed by atoms with E-state index in [4.69, 9.17) is 9.47 Å². The van der Waals surface area contributed by atoms with Gasteiger partial charge in [-0.25, -0.2) is 0 Å². The van der Waals surface area contributed by atoms with Crippen molar-refractivity contribution < 1.29 is 14.3 Å². The average molecular weight is 333 g/mol. The largest absolute Gasteiger partial charge is 0.490 e. The van der Waals surface area contributed by atoms with Gasteiger partial charge in [-0.3, -0.25) is 4.79 Å². The van der Waals surface area contributed by atoms with Gasteiger partial charge in [0.15, 0.2) is 0 Å². The molecule has 0 saturated heterocycles. The lowest BCUT2D eigenvalue weighted by Gasteiger charge is -2.28. The molecule has 4 nitrogen and oxygen atoms in total. The van der Waals surface area contributed by atoms with Gasteiger partial charge in [0.1, 0.15) is 11.4 Å². The fourth-order valence-electron chi connectivity index (χ4n) is 3.08. The third kappa shape index (κ3) is 4.50. The zero-order valence-corrected chi connectivity index (χ0v) is 15.5. The molecule has 1 aromatic carbocycles. The molecule has 1 N–H and O–H groups in total. The predicted molar refractivity (Wildman–Crippen MR) is 97.6 cm³/mol. The van der Waals surface area contributed by atoms with E-state index in [1.165, 1.54) is 0 Å². The van der Waals surface area contributed by atoms with Crippen LogP contribution >= 0.6 is 0 Å². The molecular weight excluding hydrogens is 302 g/mol. The molecule has 1 unspecified atom stereocenters. The molecule has 1 aromatic rings. The van der Waals surface area contributed by atoms with Gasteiger partial charge in [0.05, 0.1) is 6.10 Å². The van der Waals surface area contributed by atoms with Crippen LogP contribution in [0, 0.1) is 6.92 Å². The van der Waals surface area contributed by atoms with Crippen LogP contribution in [-0.4, -0.2) is 24.2 Å². The molecule has 134 valence electrons. The summed E-state index contributed by atoms with van der Waals surface area (Å²) in [6.45, 7) is 8.87. The number of benzene rings is 1. The Labute approximate surface area is 145 Å². The van der Waals surface area contributed by atoms with Crippen molar-refractivity contribution in [1.82, 2.24) is 0 Å². The zero-order valence-electron chi connectivity index (χ0n) is 15.5. The molecule has 1 aliphatic rings. The predicted octanol–water partition coefficient (Wildman–Crippen LogP) is 4.85. The molecular formula is C20H31NO3. The fraction of sp³-hybridized carbons (Fsp3) is 0.650. The van der Waals surface area contributed by atoms with E-state index in [1.807, 2.05) is 25.1 Å². The summed E-state index contributed by atoms with van der Waals surface area (Å²) in [5.74, 6) is 0.864. The second-order valence-corrected chi connectivity index (χ2v) is 6.82. The molecule has 1 aliphatic carbocycles. The van der Waals surface area contributed by atoms with Crippen molar-refractivity contribution >= 4 is 11.6 Å². The first-order chi connectivity index (χ1) is 11.5. The Morgan fingerprint density at radius 3 is 2.58 bits per heavy atom. The summed E-state index contributed by atoms with van der Waals surface area (Å²) in [5, 5.41) is 3.05. The van der Waals surface area contributed by atoms with Crippen LogP contribution in [-0.2, 0) is 9.53 Å². The molecule has 0 radical (unpaired) electrons. The first kappa shape index (κ1) is 18.8. The number of hydrogen-bond acceptors (Lipinski definition) is 3. The maximum Gasteiger partial charge on any atom is 0.256 e. The van der Waals surface area contributed by atoms with E-state index < -0.39 is 5.60 Å². The van der Waals surface area contributed by atoms with Gasteiger partial charge in [-0.15, -0.1) is 0 Å². The number of amides is 1. The summed E-state index contributed by atoms with van der Waals surface area (Å²) in [5.41, 5.74) is 1.19. The van der Waals surface area contributed by atoms with Crippen molar-refractivity contribution in [1.29, 1.82) is 0 Å². The number of anilines is 1. The summed E-state index contributed by atoms with van der Waals surface area (Å²) in [7, 11) is 0. The molecule has 1 amide bonds. The Hall–Kier alpha value is -1.55. The first-order valence-corrected chi connectivity index (χ1v) is 9.23. The van der Waals surface area contributed by atoms with Crippen molar-refractivity contribution in [2.45, 2.75) is 77.9 Å². The Bertz CT molecular complexity index is 550. The van der Waals surface area contributed by atoms with Crippen LogP contribution in [0.15, 0.2) is 18.2 Å². The SMILES string of the molecule is CCCOC1(C(=O)Nc2ccc(OC(C)CC)c(C)c2)CCCC1. The topological polar surface area (TPSA) is 47.6 Å². The lowest BCUT2D eigenvalue weighted by atomic mass is 10.0. The third-order valence-electron chi connectivity index (χ3n) is 4.74. The van der Waals surface area contributed by atoms with Crippen molar-refractivity contribution in [3.63, 3.8) is 0 Å². The molecule has 2 rings (SSSR count). The number of ether oxygens (including phenoxy) is 2. The van der Waals surface area contributed by atoms with Crippen LogP contribution < -0.4 is 10.1 Å². The lowest BCUT2D eigenvalue weighted by Crippen LogP contribution is -2.43. The zero-order chi connectivity index (χ0) is 17.6. The minimum atomic E-state index is -0.643. The number of hydrogen-bond donors (Lipinski definition) is 1. The second kappa shape index (κ2) is 8.52. The van der Waals surface area contributed by atoms with Crippen LogP contribution in [0.4, 0.5) is 5.69 Å². The quantitative estimate of drug-likeness (QED) is 0.740. The van der Waals surface area contributed by atoms with E-state index in [0.717, 1.165) is 55.5 Å². The minimum absolute atomic E-state index is 0.0107. The molecule has 0 heterocycles. The highest BCUT2D eigenvalue weighted by Gasteiger charge is 2.42. The fourth-order valence-corrected chi connectivity index (χ4v) is 3.08. The normalized spacial score (nSPS) is 17.5. The van der Waals surface area contributed by atoms with Gasteiger partial charge in [0.25, 0.3) is 5.91 Å². The minimum Gasteiger partial charge on any atom is -0.490 e. The van der Waals surface area contributed by atoms with E-state index in [9.17, 15) is 4.79 Å². The highest BCUT2D eigenvalue weighted by Crippen LogP contribution is 2.35. The standard InChI is InChI=1S/C20H31NO3/c1-5-13-23-20(11-7-8-12-20)19(22)21-17-9-10-18(15(3)14-17)24-16(4)6-2/h9-10,14,16H,5-8,11-13H2,1-4H3,(H,21,22). The molecule has 1 saturated carbocycles. The Morgan fingerprint density at radius 1 is 1.29 bits per heavy atom. The maximum absolute atomic E-state index is 12.8. The smallest absolute Gasteiger partial charge is 0.256 e. The first-order valence-electron chi connectivity index (χ1n) is 9.23. The van der Waals surface area contributed by atoms with Gasteiger partial charge in [-0.1, -0.05) is 13.8 Å². The van der Waals surface area contributed by atoms with E-state index >= 15 is 0 Å². The van der Waals surface area contributed by atoms with E-state index in [2.05, 4.69) is 26.1 Å². The van der Waals surface area contributed by atoms with E-state index in [1.54, 1.807) is 0 Å². The highest BCUT2D eigenvalue weighted by atomic mass is 16.5. The summed E-state index contributed by atoms with van der Waals surface area (Å²) >= 11 is 0. The summed E-state index contributed by atoms with van der Waals surface area (Å²) in [4.78, 5) is 12.8. The number of rotatable bonds is 8. The number of carbonyl (C=O) groups is 1. The lowest BCUT2D eigenvalue weighted by molar-refractivity contribution is -0.140. The van der Waals surface area contributed by atoms with Gasteiger partial charge < -0.3 is 14.8 Å². The highest BCUT2D eigenvalue weighted by molar-refractivity contribution is 5.97. The van der Waals surface area contributed by atoms with E-state index in [0.29, 0.717) is 6.61 Å². The molecule has 0 aliphatic heterocycles. The number of carbonyl (C=O) groups excluding carboxylic acids is 1. The number of nitrogens with one attached hydrogen (secondary N) is 1. The van der Waals surface area contributed by atoms with Crippen LogP contribution in [0.25, 0.3) is 0 Å². The summed E-state index contributed by atoms with van der Waals surface area (Å²) in [6.07, 6.45) is 5.81. The Balaban J connectivity index is 2.06. The van der Waals surface area contributed by atoms with Crippen molar-refractivity contribution in [2.24, 2.45) is 0 Å². The van der Waals surface area contributed by atoms with Gasteiger partial charge in [0.2, 0.25) is 0 Å². The van der Waals surface area contributed by atoms with E-state index in [-0.39, 0.29) is 12.0 Å². The van der Waals surface area contributed by atoms with Crippen molar-refractivity contribution in [2.75, 3.05) is 11.9 Å². The summed E-state index contributed by atoms with van der Waals surface area (Å²) < 4.78 is 11.8. The molecule has 24 heavy (non-hydrogen) atoms. The summed E-state index contributed by atoms with van der Waals surface area (Å²) in [6, 6.07) is 5.81. The molecule has 0 aromatic heterocycles. The van der Waals surface area contributed by atoms with Crippen molar-refractivity contribution in [3.05, 3.63) is 23.8 Å². The van der Waals surface area contributed by atoms with Gasteiger partial charge >= 0.3 is 0 Å². The molecule has 1 atom stereocenters. The van der Waals surface area contributed by atoms with Gasteiger partial charge in [0, 0.05) is 12.3 Å². The molecule has 0 bridgehead atoms. The van der Waals surface area contributed by atoms with Crippen LogP contribution in [0.2, 0.25) is 0 Å². The molecule has 4 heteroatoms. The van der Waals surface area contributed by atoms with Gasteiger partial charge in [-0.05, 0) is 76.1 Å². The second-order valence-electron chi connectivity index (χ2n) is 6.82. The van der Waals surface area contributed by atoms with Crippen LogP contribution in [0.1, 0.15) is 64.9 Å². The Morgan fingerprint density at radius 2 is 2.00 bits per heavy atom. The number of aryl methyl sites for hydroxylation is 1. The van der Waals surface area contributed by atoms with Crippen LogP contribution in [0.3, 0.4) is 0 Å². The molecule has 1 fully saturated rings. The van der Waals surface area contributed by atoms with Crippen molar-refractivity contribution in [3.8, 4) is 5.75 Å². The average Bonchev–Trinajstić information content (AvgIpc) is 3.05. The maximum atomic E-state index is 12.8. The molecule has 0 spiro atoms. The van der Waals surface area contributed by atoms with Gasteiger partial charge in [-0.2, -0.15) is 0 Å². The monoisotopic (exact) mass is 333 g/mol.